The topological polar surface area (TPSA) is 58.9 Å². The van der Waals surface area contributed by atoms with Crippen LogP contribution in [-0.4, -0.2) is 14.5 Å². The number of nitrogens with zero attached hydrogens (tertiary/aromatic N) is 2. The molecular weight excluding hydrogens is 284 g/mol. The van der Waals surface area contributed by atoms with Crippen molar-refractivity contribution in [3.05, 3.63) is 71.8 Å². The SMILES string of the molecule is CC1N=NC2(c3ccccc3)C1(c1ccccc1)S2(=O)=O. The normalized spacial score (nSPS) is 35.4. The molecule has 2 heterocycles. The maximum Gasteiger partial charge on any atom is 0.233 e. The molecule has 1 saturated heterocycles. The maximum atomic E-state index is 13.0. The van der Waals surface area contributed by atoms with E-state index in [4.69, 9.17) is 0 Å². The average molecular weight is 298 g/mol. The van der Waals surface area contributed by atoms with Crippen molar-refractivity contribution in [2.75, 3.05) is 0 Å². The minimum absolute atomic E-state index is 0.384. The fourth-order valence-corrected chi connectivity index (χ4v) is 6.68. The molecule has 0 aliphatic carbocycles. The molecule has 2 aliphatic heterocycles. The lowest BCUT2D eigenvalue weighted by Gasteiger charge is -2.15. The van der Waals surface area contributed by atoms with E-state index in [-0.39, 0.29) is 6.04 Å². The second-order valence-electron chi connectivity index (χ2n) is 5.51. The third kappa shape index (κ3) is 1.16. The van der Waals surface area contributed by atoms with E-state index in [1.807, 2.05) is 67.6 Å². The molecular formula is C16H14N2O2S. The first kappa shape index (κ1) is 12.7. The molecule has 4 nitrogen and oxygen atoms in total. The van der Waals surface area contributed by atoms with Gasteiger partial charge in [0.05, 0.1) is 6.04 Å². The van der Waals surface area contributed by atoms with Crippen molar-refractivity contribution in [3.63, 3.8) is 0 Å². The van der Waals surface area contributed by atoms with E-state index in [1.165, 1.54) is 0 Å². The molecule has 0 radical (unpaired) electrons. The average Bonchev–Trinajstić information content (AvgIpc) is 2.78. The summed E-state index contributed by atoms with van der Waals surface area (Å²) in [6.07, 6.45) is 0. The van der Waals surface area contributed by atoms with Crippen LogP contribution in [0.5, 0.6) is 0 Å². The fourth-order valence-electron chi connectivity index (χ4n) is 3.66. The van der Waals surface area contributed by atoms with E-state index >= 15 is 0 Å². The quantitative estimate of drug-likeness (QED) is 0.800. The molecule has 2 aliphatic rings. The van der Waals surface area contributed by atoms with Gasteiger partial charge in [0.15, 0.2) is 14.6 Å². The first-order chi connectivity index (χ1) is 10.1. The number of sulfone groups is 1. The third-order valence-electron chi connectivity index (χ3n) is 4.60. The lowest BCUT2D eigenvalue weighted by Crippen LogP contribution is -2.26. The molecule has 106 valence electrons. The number of fused-ring (bicyclic) bond motifs is 1. The van der Waals surface area contributed by atoms with Crippen LogP contribution < -0.4 is 0 Å². The van der Waals surface area contributed by atoms with Crippen molar-refractivity contribution in [2.24, 2.45) is 10.2 Å². The van der Waals surface area contributed by atoms with Gasteiger partial charge in [-0.3, -0.25) is 0 Å². The van der Waals surface area contributed by atoms with E-state index in [1.54, 1.807) is 0 Å². The number of azo groups is 1. The molecule has 2 aromatic rings. The first-order valence-corrected chi connectivity index (χ1v) is 8.34. The van der Waals surface area contributed by atoms with Crippen LogP contribution in [0.15, 0.2) is 70.9 Å². The molecule has 2 aromatic carbocycles. The van der Waals surface area contributed by atoms with Crippen LogP contribution in [0.3, 0.4) is 0 Å². The zero-order chi connectivity index (χ0) is 14.7. The number of hydrogen-bond donors (Lipinski definition) is 0. The van der Waals surface area contributed by atoms with Gasteiger partial charge >= 0.3 is 0 Å². The van der Waals surface area contributed by atoms with Gasteiger partial charge in [-0.2, -0.15) is 10.2 Å². The minimum atomic E-state index is -3.44. The van der Waals surface area contributed by atoms with Crippen LogP contribution in [0.4, 0.5) is 0 Å². The molecule has 0 aromatic heterocycles. The molecule has 4 rings (SSSR count). The van der Waals surface area contributed by atoms with Gasteiger partial charge in [-0.25, -0.2) is 8.42 Å². The van der Waals surface area contributed by atoms with Crippen molar-refractivity contribution >= 4 is 9.84 Å². The third-order valence-corrected chi connectivity index (χ3v) is 7.54. The van der Waals surface area contributed by atoms with Crippen molar-refractivity contribution in [2.45, 2.75) is 22.6 Å². The lowest BCUT2D eigenvalue weighted by atomic mass is 9.84. The second kappa shape index (κ2) is 3.80. The van der Waals surface area contributed by atoms with Gasteiger partial charge in [0.25, 0.3) is 0 Å². The molecule has 21 heavy (non-hydrogen) atoms. The predicted molar refractivity (Wildman–Crippen MR) is 79.5 cm³/mol. The summed E-state index contributed by atoms with van der Waals surface area (Å²) in [7, 11) is -3.44. The van der Waals surface area contributed by atoms with Crippen molar-refractivity contribution in [3.8, 4) is 0 Å². The summed E-state index contributed by atoms with van der Waals surface area (Å²) in [6.45, 7) is 1.83. The molecule has 0 amide bonds. The van der Waals surface area contributed by atoms with Gasteiger partial charge in [-0.1, -0.05) is 60.7 Å². The summed E-state index contributed by atoms with van der Waals surface area (Å²) < 4.78 is 24.9. The van der Waals surface area contributed by atoms with Gasteiger partial charge in [0.2, 0.25) is 4.87 Å². The van der Waals surface area contributed by atoms with Crippen molar-refractivity contribution < 1.29 is 8.42 Å². The largest absolute Gasteiger partial charge is 0.233 e. The first-order valence-electron chi connectivity index (χ1n) is 6.86. The summed E-state index contributed by atoms with van der Waals surface area (Å²) in [5, 5.41) is 8.44. The highest BCUT2D eigenvalue weighted by Gasteiger charge is 2.91. The van der Waals surface area contributed by atoms with Crippen molar-refractivity contribution in [1.29, 1.82) is 0 Å². The van der Waals surface area contributed by atoms with Gasteiger partial charge in [0, 0.05) is 0 Å². The number of rotatable bonds is 2. The Balaban J connectivity index is 2.04. The number of hydrogen-bond acceptors (Lipinski definition) is 4. The summed E-state index contributed by atoms with van der Waals surface area (Å²) in [6, 6.07) is 18.1. The molecule has 5 heteroatoms. The smallest absolute Gasteiger partial charge is 0.225 e. The van der Waals surface area contributed by atoms with Crippen LogP contribution in [-0.2, 0) is 19.5 Å². The Hall–Kier alpha value is -2.01. The predicted octanol–water partition coefficient (Wildman–Crippen LogP) is 3.02. The van der Waals surface area contributed by atoms with E-state index in [9.17, 15) is 8.42 Å². The lowest BCUT2D eigenvalue weighted by molar-refractivity contribution is 0.550. The van der Waals surface area contributed by atoms with Crippen LogP contribution in [0.2, 0.25) is 0 Å². The maximum absolute atomic E-state index is 13.0. The minimum Gasteiger partial charge on any atom is -0.225 e. The van der Waals surface area contributed by atoms with E-state index in [2.05, 4.69) is 10.2 Å². The highest BCUT2D eigenvalue weighted by Crippen LogP contribution is 2.74. The summed E-state index contributed by atoms with van der Waals surface area (Å²) in [5.74, 6) is 0. The fraction of sp³-hybridized carbons (Fsp3) is 0.250. The molecule has 3 atom stereocenters. The molecule has 0 N–H and O–H groups in total. The van der Waals surface area contributed by atoms with Gasteiger partial charge in [0.1, 0.15) is 0 Å². The molecule has 3 unspecified atom stereocenters. The van der Waals surface area contributed by atoms with E-state index in [0.717, 1.165) is 5.56 Å². The molecule has 1 fully saturated rings. The van der Waals surface area contributed by atoms with E-state index in [0.29, 0.717) is 5.56 Å². The highest BCUT2D eigenvalue weighted by molar-refractivity contribution is 8.01. The highest BCUT2D eigenvalue weighted by atomic mass is 32.2. The standard InChI is InChI=1S/C16H14N2O2S/c1-12-15(13-8-4-2-5-9-13)16(18-17-12,21(15,19)20)14-10-6-3-7-11-14/h2-12H,1H3. The molecule has 0 spiro atoms. The molecule has 0 bridgehead atoms. The van der Waals surface area contributed by atoms with Crippen molar-refractivity contribution in [1.82, 2.24) is 0 Å². The van der Waals surface area contributed by atoms with Crippen LogP contribution in [0.25, 0.3) is 0 Å². The zero-order valence-corrected chi connectivity index (χ0v) is 12.3. The Morgan fingerprint density at radius 3 is 2.00 bits per heavy atom. The Kier molecular flexibility index (Phi) is 2.30. The van der Waals surface area contributed by atoms with Crippen LogP contribution >= 0.6 is 0 Å². The molecule has 0 saturated carbocycles. The Bertz CT molecular complexity index is 833. The van der Waals surface area contributed by atoms with Gasteiger partial charge in [-0.15, -0.1) is 0 Å². The second-order valence-corrected chi connectivity index (χ2v) is 7.75. The summed E-state index contributed by atoms with van der Waals surface area (Å²) in [4.78, 5) is -1.25. The monoisotopic (exact) mass is 298 g/mol. The van der Waals surface area contributed by atoms with Crippen LogP contribution in [0.1, 0.15) is 18.1 Å². The summed E-state index contributed by atoms with van der Waals surface area (Å²) >= 11 is 0. The Morgan fingerprint density at radius 1 is 0.905 bits per heavy atom. The Morgan fingerprint density at radius 2 is 1.43 bits per heavy atom. The Labute approximate surface area is 123 Å². The van der Waals surface area contributed by atoms with Crippen LogP contribution in [0, 0.1) is 0 Å². The zero-order valence-electron chi connectivity index (χ0n) is 11.5. The summed E-state index contributed by atoms with van der Waals surface area (Å²) in [5.41, 5.74) is 1.47. The number of benzene rings is 2. The van der Waals surface area contributed by atoms with Gasteiger partial charge < -0.3 is 0 Å². The van der Waals surface area contributed by atoms with Gasteiger partial charge in [-0.05, 0) is 18.1 Å². The van der Waals surface area contributed by atoms with E-state index < -0.39 is 19.5 Å².